The molecule has 0 bridgehead atoms. The first-order chi connectivity index (χ1) is 16.9. The maximum atomic E-state index is 11.6. The molecule has 0 aliphatic carbocycles. The van der Waals surface area contributed by atoms with Crippen LogP contribution in [0.4, 0.5) is 22.9 Å². The van der Waals surface area contributed by atoms with Crippen LogP contribution in [0.3, 0.4) is 0 Å². The Labute approximate surface area is 209 Å². The average Bonchev–Trinajstić information content (AvgIpc) is 2.86. The number of halogens is 1. The molecule has 2 heterocycles. The summed E-state index contributed by atoms with van der Waals surface area (Å²) in [6, 6.07) is 16.6. The van der Waals surface area contributed by atoms with Crippen molar-refractivity contribution in [3.05, 3.63) is 72.3 Å². The molecular weight excluding hydrogens is 466 g/mol. The van der Waals surface area contributed by atoms with Crippen LogP contribution in [0, 0.1) is 0 Å². The fourth-order valence-electron chi connectivity index (χ4n) is 3.87. The SMILES string of the molecule is C=CC(=O)Nc1cccc(Oc2nc(Nc3ccc(N4CCCC(N)C4)cc3OC)ccc2Cl)c1. The number of carbonyl (C=O) groups excluding carboxylic acids is 1. The van der Waals surface area contributed by atoms with Crippen molar-refractivity contribution >= 4 is 40.4 Å². The molecule has 1 aromatic heterocycles. The lowest BCUT2D eigenvalue weighted by Crippen LogP contribution is -2.42. The minimum absolute atomic E-state index is 0.184. The molecule has 9 heteroatoms. The number of ether oxygens (including phenoxy) is 2. The van der Waals surface area contributed by atoms with E-state index in [0.29, 0.717) is 28.0 Å². The summed E-state index contributed by atoms with van der Waals surface area (Å²) in [6.45, 7) is 5.25. The van der Waals surface area contributed by atoms with E-state index in [4.69, 9.17) is 26.8 Å². The van der Waals surface area contributed by atoms with Gasteiger partial charge in [0.25, 0.3) is 0 Å². The van der Waals surface area contributed by atoms with E-state index < -0.39 is 0 Å². The Morgan fingerprint density at radius 3 is 2.89 bits per heavy atom. The summed E-state index contributed by atoms with van der Waals surface area (Å²) in [5.41, 5.74) is 8.54. The molecule has 1 amide bonds. The number of amides is 1. The lowest BCUT2D eigenvalue weighted by atomic mass is 10.1. The molecule has 0 saturated carbocycles. The molecular formula is C26H28ClN5O3. The van der Waals surface area contributed by atoms with Crippen molar-refractivity contribution in [1.29, 1.82) is 0 Å². The van der Waals surface area contributed by atoms with Crippen LogP contribution >= 0.6 is 11.6 Å². The number of aromatic nitrogens is 1. The highest BCUT2D eigenvalue weighted by Gasteiger charge is 2.18. The normalized spacial score (nSPS) is 15.3. The summed E-state index contributed by atoms with van der Waals surface area (Å²) in [6.07, 6.45) is 3.32. The van der Waals surface area contributed by atoms with Gasteiger partial charge in [0.2, 0.25) is 11.8 Å². The molecule has 4 rings (SSSR count). The van der Waals surface area contributed by atoms with Crippen LogP contribution in [0.2, 0.25) is 5.02 Å². The van der Waals surface area contributed by atoms with E-state index in [2.05, 4.69) is 27.1 Å². The van der Waals surface area contributed by atoms with E-state index in [1.54, 1.807) is 43.5 Å². The van der Waals surface area contributed by atoms with Crippen LogP contribution in [0.5, 0.6) is 17.4 Å². The molecule has 4 N–H and O–H groups in total. The lowest BCUT2D eigenvalue weighted by molar-refractivity contribution is -0.111. The van der Waals surface area contributed by atoms with Gasteiger partial charge in [0, 0.05) is 42.6 Å². The summed E-state index contributed by atoms with van der Waals surface area (Å²) in [7, 11) is 1.63. The number of nitrogens with one attached hydrogen (secondary N) is 2. The van der Waals surface area contributed by atoms with Crippen molar-refractivity contribution in [3.63, 3.8) is 0 Å². The third kappa shape index (κ3) is 6.23. The second-order valence-electron chi connectivity index (χ2n) is 8.16. The highest BCUT2D eigenvalue weighted by Crippen LogP contribution is 2.35. The Kier molecular flexibility index (Phi) is 7.74. The van der Waals surface area contributed by atoms with Gasteiger partial charge in [0.1, 0.15) is 22.3 Å². The van der Waals surface area contributed by atoms with Crippen LogP contribution < -0.4 is 30.7 Å². The zero-order chi connectivity index (χ0) is 24.8. The van der Waals surface area contributed by atoms with Crippen molar-refractivity contribution in [2.45, 2.75) is 18.9 Å². The van der Waals surface area contributed by atoms with Crippen molar-refractivity contribution in [1.82, 2.24) is 4.98 Å². The highest BCUT2D eigenvalue weighted by atomic mass is 35.5. The van der Waals surface area contributed by atoms with Gasteiger partial charge in [-0.05, 0) is 55.3 Å². The van der Waals surface area contributed by atoms with Crippen LogP contribution in [0.15, 0.2) is 67.3 Å². The van der Waals surface area contributed by atoms with Crippen molar-refractivity contribution < 1.29 is 14.3 Å². The minimum Gasteiger partial charge on any atom is -0.494 e. The molecule has 1 aliphatic heterocycles. The van der Waals surface area contributed by atoms with Crippen LogP contribution in [-0.2, 0) is 4.79 Å². The number of nitrogens with zero attached hydrogens (tertiary/aromatic N) is 2. The van der Waals surface area contributed by atoms with Crippen LogP contribution in [-0.4, -0.2) is 37.1 Å². The molecule has 0 radical (unpaired) electrons. The largest absolute Gasteiger partial charge is 0.494 e. The smallest absolute Gasteiger partial charge is 0.247 e. The van der Waals surface area contributed by atoms with Gasteiger partial charge in [0.15, 0.2) is 0 Å². The summed E-state index contributed by atoms with van der Waals surface area (Å²) in [4.78, 5) is 18.4. The summed E-state index contributed by atoms with van der Waals surface area (Å²) < 4.78 is 11.5. The van der Waals surface area contributed by atoms with Crippen LogP contribution in [0.25, 0.3) is 0 Å². The molecule has 35 heavy (non-hydrogen) atoms. The Bertz CT molecular complexity index is 1220. The number of hydrogen-bond acceptors (Lipinski definition) is 7. The molecule has 1 aliphatic rings. The molecule has 1 fully saturated rings. The topological polar surface area (TPSA) is 102 Å². The van der Waals surface area contributed by atoms with Gasteiger partial charge in [-0.15, -0.1) is 0 Å². The fourth-order valence-corrected chi connectivity index (χ4v) is 4.01. The standard InChI is InChI=1S/C26H28ClN5O3/c1-3-25(33)29-18-7-4-8-20(14-18)35-26-21(27)10-12-24(31-26)30-22-11-9-19(15-23(22)34-2)32-13-5-6-17(28)16-32/h3-4,7-12,14-15,17H,1,5-6,13,16,28H2,2H3,(H,29,33)(H,30,31). The number of nitrogens with two attached hydrogens (primary N) is 1. The van der Waals surface area contributed by atoms with Gasteiger partial charge in [-0.25, -0.2) is 0 Å². The van der Waals surface area contributed by atoms with Gasteiger partial charge >= 0.3 is 0 Å². The number of pyridine rings is 1. The first-order valence-electron chi connectivity index (χ1n) is 11.3. The first kappa shape index (κ1) is 24.4. The van der Waals surface area contributed by atoms with Crippen molar-refractivity contribution in [2.75, 3.05) is 35.7 Å². The van der Waals surface area contributed by atoms with Crippen molar-refractivity contribution in [3.8, 4) is 17.4 Å². The predicted molar refractivity (Wildman–Crippen MR) is 140 cm³/mol. The summed E-state index contributed by atoms with van der Waals surface area (Å²) in [5, 5.41) is 6.31. The third-order valence-electron chi connectivity index (χ3n) is 5.59. The molecule has 1 unspecified atom stereocenters. The number of piperidine rings is 1. The van der Waals surface area contributed by atoms with Gasteiger partial charge in [0.05, 0.1) is 12.8 Å². The minimum atomic E-state index is -0.312. The molecule has 1 saturated heterocycles. The maximum Gasteiger partial charge on any atom is 0.247 e. The first-order valence-corrected chi connectivity index (χ1v) is 11.7. The quantitative estimate of drug-likeness (QED) is 0.364. The molecule has 3 aromatic rings. The van der Waals surface area contributed by atoms with E-state index in [-0.39, 0.29) is 17.8 Å². The molecule has 8 nitrogen and oxygen atoms in total. The Hall–Kier alpha value is -3.75. The lowest BCUT2D eigenvalue weighted by Gasteiger charge is -2.33. The predicted octanol–water partition coefficient (Wildman–Crippen LogP) is 5.33. The van der Waals surface area contributed by atoms with E-state index in [1.165, 1.54) is 6.08 Å². The molecule has 182 valence electrons. The Morgan fingerprint density at radius 2 is 2.11 bits per heavy atom. The van der Waals surface area contributed by atoms with Gasteiger partial charge in [-0.1, -0.05) is 24.2 Å². The second-order valence-corrected chi connectivity index (χ2v) is 8.57. The number of methoxy groups -OCH3 is 1. The van der Waals surface area contributed by atoms with Gasteiger partial charge in [-0.3, -0.25) is 4.79 Å². The maximum absolute atomic E-state index is 11.6. The summed E-state index contributed by atoms with van der Waals surface area (Å²) >= 11 is 6.33. The number of benzene rings is 2. The van der Waals surface area contributed by atoms with Gasteiger partial charge < -0.3 is 30.7 Å². The Balaban J connectivity index is 1.51. The van der Waals surface area contributed by atoms with Crippen LogP contribution in [0.1, 0.15) is 12.8 Å². The van der Waals surface area contributed by atoms with E-state index >= 15 is 0 Å². The number of anilines is 4. The molecule has 2 aromatic carbocycles. The Morgan fingerprint density at radius 1 is 1.26 bits per heavy atom. The average molecular weight is 494 g/mol. The zero-order valence-electron chi connectivity index (χ0n) is 19.5. The highest BCUT2D eigenvalue weighted by molar-refractivity contribution is 6.31. The zero-order valence-corrected chi connectivity index (χ0v) is 20.2. The third-order valence-corrected chi connectivity index (χ3v) is 5.87. The van der Waals surface area contributed by atoms with E-state index in [0.717, 1.165) is 37.3 Å². The molecule has 0 spiro atoms. The van der Waals surface area contributed by atoms with Gasteiger partial charge in [-0.2, -0.15) is 4.98 Å². The van der Waals surface area contributed by atoms with E-state index in [1.807, 2.05) is 18.2 Å². The summed E-state index contributed by atoms with van der Waals surface area (Å²) in [5.74, 6) is 1.60. The monoisotopic (exact) mass is 493 g/mol. The number of rotatable bonds is 8. The van der Waals surface area contributed by atoms with E-state index in [9.17, 15) is 4.79 Å². The number of hydrogen-bond donors (Lipinski definition) is 3. The van der Waals surface area contributed by atoms with Crippen molar-refractivity contribution in [2.24, 2.45) is 5.73 Å². The fraction of sp³-hybridized carbons (Fsp3) is 0.231. The number of carbonyl (C=O) groups is 1. The molecule has 1 atom stereocenters. The second kappa shape index (κ2) is 11.1.